The molecule has 88 valence electrons. The van der Waals surface area contributed by atoms with E-state index in [0.717, 1.165) is 24.0 Å². The second-order valence-corrected chi connectivity index (χ2v) is 5.72. The van der Waals surface area contributed by atoms with Crippen molar-refractivity contribution in [2.45, 2.75) is 64.1 Å². The van der Waals surface area contributed by atoms with Gasteiger partial charge in [-0.15, -0.1) is 0 Å². The molecule has 15 heavy (non-hydrogen) atoms. The van der Waals surface area contributed by atoms with Gasteiger partial charge in [-0.1, -0.05) is 12.8 Å². The van der Waals surface area contributed by atoms with E-state index in [4.69, 9.17) is 0 Å². The Balaban J connectivity index is 1.76. The van der Waals surface area contributed by atoms with Crippen LogP contribution in [0.5, 0.6) is 0 Å². The zero-order valence-corrected chi connectivity index (χ0v) is 10.5. The van der Waals surface area contributed by atoms with Gasteiger partial charge in [0.15, 0.2) is 0 Å². The van der Waals surface area contributed by atoms with Crippen molar-refractivity contribution in [1.82, 2.24) is 10.2 Å². The van der Waals surface area contributed by atoms with Crippen molar-refractivity contribution < 1.29 is 0 Å². The van der Waals surface area contributed by atoms with Crippen LogP contribution in [0.2, 0.25) is 0 Å². The monoisotopic (exact) mass is 210 g/mol. The maximum atomic E-state index is 3.84. The maximum absolute atomic E-state index is 3.84. The summed E-state index contributed by atoms with van der Waals surface area (Å²) in [4.78, 5) is 2.47. The number of hydrogen-bond donors (Lipinski definition) is 1. The zero-order valence-electron chi connectivity index (χ0n) is 10.5. The third-order valence-electron chi connectivity index (χ3n) is 4.49. The fourth-order valence-corrected chi connectivity index (χ4v) is 3.28. The lowest BCUT2D eigenvalue weighted by atomic mass is 9.98. The van der Waals surface area contributed by atoms with Gasteiger partial charge in [0.05, 0.1) is 0 Å². The molecular weight excluding hydrogens is 184 g/mol. The molecule has 1 saturated carbocycles. The van der Waals surface area contributed by atoms with Gasteiger partial charge >= 0.3 is 0 Å². The lowest BCUT2D eigenvalue weighted by Crippen LogP contribution is -2.41. The van der Waals surface area contributed by atoms with E-state index in [1.165, 1.54) is 38.6 Å². The fourth-order valence-electron chi connectivity index (χ4n) is 3.28. The number of nitrogens with zero attached hydrogens (tertiary/aromatic N) is 1. The molecule has 0 bridgehead atoms. The minimum absolute atomic E-state index is 0.733. The highest BCUT2D eigenvalue weighted by Crippen LogP contribution is 2.28. The lowest BCUT2D eigenvalue weighted by Gasteiger charge is -2.24. The molecule has 0 amide bonds. The summed E-state index contributed by atoms with van der Waals surface area (Å²) in [5, 5.41) is 3.84. The van der Waals surface area contributed by atoms with E-state index in [1.807, 2.05) is 0 Å². The van der Waals surface area contributed by atoms with Crippen molar-refractivity contribution in [1.29, 1.82) is 0 Å². The molecule has 0 radical (unpaired) electrons. The van der Waals surface area contributed by atoms with Crippen LogP contribution >= 0.6 is 0 Å². The topological polar surface area (TPSA) is 15.3 Å². The van der Waals surface area contributed by atoms with Crippen molar-refractivity contribution in [2.75, 3.05) is 13.6 Å². The van der Waals surface area contributed by atoms with Gasteiger partial charge in [-0.3, -0.25) is 0 Å². The standard InChI is InChI=1S/C13H26N2/c1-10-8-13(9-15(10)3)14-11(2)12-6-4-5-7-12/h10-14H,4-9H2,1-3H3/t10?,11-,13?/m0/s1. The quantitative estimate of drug-likeness (QED) is 0.768. The molecule has 2 unspecified atom stereocenters. The van der Waals surface area contributed by atoms with Crippen molar-refractivity contribution in [3.05, 3.63) is 0 Å². The van der Waals surface area contributed by atoms with E-state index in [1.54, 1.807) is 0 Å². The molecule has 2 heteroatoms. The zero-order chi connectivity index (χ0) is 10.8. The second-order valence-electron chi connectivity index (χ2n) is 5.72. The Morgan fingerprint density at radius 2 is 1.93 bits per heavy atom. The smallest absolute Gasteiger partial charge is 0.0212 e. The van der Waals surface area contributed by atoms with Crippen LogP contribution in [0.4, 0.5) is 0 Å². The van der Waals surface area contributed by atoms with Gasteiger partial charge in [0.25, 0.3) is 0 Å². The first-order chi connectivity index (χ1) is 7.16. The van der Waals surface area contributed by atoms with Gasteiger partial charge in [-0.2, -0.15) is 0 Å². The van der Waals surface area contributed by atoms with Crippen molar-refractivity contribution >= 4 is 0 Å². The van der Waals surface area contributed by atoms with Crippen LogP contribution in [-0.4, -0.2) is 36.6 Å². The molecule has 1 heterocycles. The van der Waals surface area contributed by atoms with Gasteiger partial charge in [0, 0.05) is 24.7 Å². The number of likely N-dealkylation sites (N-methyl/N-ethyl adjacent to an activating group) is 1. The maximum Gasteiger partial charge on any atom is 0.0212 e. The van der Waals surface area contributed by atoms with Crippen LogP contribution in [0, 0.1) is 5.92 Å². The first-order valence-corrected chi connectivity index (χ1v) is 6.63. The fraction of sp³-hybridized carbons (Fsp3) is 1.00. The van der Waals surface area contributed by atoms with Crippen molar-refractivity contribution in [3.63, 3.8) is 0 Å². The first kappa shape index (κ1) is 11.4. The number of rotatable bonds is 3. The van der Waals surface area contributed by atoms with Crippen LogP contribution in [0.15, 0.2) is 0 Å². The number of likely N-dealkylation sites (tertiary alicyclic amines) is 1. The van der Waals surface area contributed by atoms with E-state index >= 15 is 0 Å². The minimum Gasteiger partial charge on any atom is -0.310 e. The van der Waals surface area contributed by atoms with Gasteiger partial charge in [0.1, 0.15) is 0 Å². The summed E-state index contributed by atoms with van der Waals surface area (Å²) in [6.07, 6.45) is 7.14. The molecular formula is C13H26N2. The summed E-state index contributed by atoms with van der Waals surface area (Å²) in [6, 6.07) is 2.23. The average Bonchev–Trinajstić information content (AvgIpc) is 2.77. The summed E-state index contributed by atoms with van der Waals surface area (Å²) >= 11 is 0. The largest absolute Gasteiger partial charge is 0.310 e. The molecule has 0 spiro atoms. The van der Waals surface area contributed by atoms with E-state index in [9.17, 15) is 0 Å². The van der Waals surface area contributed by atoms with Gasteiger partial charge in [-0.05, 0) is 46.1 Å². The van der Waals surface area contributed by atoms with Crippen LogP contribution in [-0.2, 0) is 0 Å². The molecule has 1 aliphatic carbocycles. The molecule has 0 aromatic carbocycles. The highest BCUT2D eigenvalue weighted by Gasteiger charge is 2.29. The molecule has 2 nitrogen and oxygen atoms in total. The molecule has 0 aromatic rings. The minimum atomic E-state index is 0.733. The van der Waals surface area contributed by atoms with Crippen molar-refractivity contribution in [3.8, 4) is 0 Å². The Bertz CT molecular complexity index is 189. The van der Waals surface area contributed by atoms with Gasteiger partial charge in [-0.25, -0.2) is 0 Å². The molecule has 2 fully saturated rings. The van der Waals surface area contributed by atoms with Gasteiger partial charge < -0.3 is 10.2 Å². The summed E-state index contributed by atoms with van der Waals surface area (Å²) in [5.41, 5.74) is 0. The number of hydrogen-bond acceptors (Lipinski definition) is 2. The average molecular weight is 210 g/mol. The Hall–Kier alpha value is -0.0800. The molecule has 1 saturated heterocycles. The summed E-state index contributed by atoms with van der Waals surface area (Å²) in [7, 11) is 2.24. The Morgan fingerprint density at radius 1 is 1.27 bits per heavy atom. The summed E-state index contributed by atoms with van der Waals surface area (Å²) in [5.74, 6) is 0.950. The lowest BCUT2D eigenvalue weighted by molar-refractivity contribution is 0.314. The van der Waals surface area contributed by atoms with Crippen LogP contribution in [0.3, 0.4) is 0 Å². The van der Waals surface area contributed by atoms with E-state index in [2.05, 4.69) is 31.1 Å². The highest BCUT2D eigenvalue weighted by atomic mass is 15.2. The molecule has 3 atom stereocenters. The predicted octanol–water partition coefficient (Wildman–Crippen LogP) is 2.25. The normalized spacial score (nSPS) is 36.2. The Morgan fingerprint density at radius 3 is 2.47 bits per heavy atom. The van der Waals surface area contributed by atoms with E-state index in [-0.39, 0.29) is 0 Å². The molecule has 2 rings (SSSR count). The number of nitrogens with one attached hydrogen (secondary N) is 1. The Labute approximate surface area is 94.4 Å². The third-order valence-corrected chi connectivity index (χ3v) is 4.49. The summed E-state index contributed by atoms with van der Waals surface area (Å²) < 4.78 is 0. The van der Waals surface area contributed by atoms with Gasteiger partial charge in [0.2, 0.25) is 0 Å². The Kier molecular flexibility index (Phi) is 3.68. The first-order valence-electron chi connectivity index (χ1n) is 6.63. The van der Waals surface area contributed by atoms with Crippen molar-refractivity contribution in [2.24, 2.45) is 5.92 Å². The third kappa shape index (κ3) is 2.73. The van der Waals surface area contributed by atoms with E-state index < -0.39 is 0 Å². The van der Waals surface area contributed by atoms with Crippen LogP contribution in [0.1, 0.15) is 46.0 Å². The SMILES string of the molecule is CC1CC(N[C@@H](C)C2CCCC2)CN1C. The molecule has 1 N–H and O–H groups in total. The van der Waals surface area contributed by atoms with Crippen LogP contribution < -0.4 is 5.32 Å². The second kappa shape index (κ2) is 4.84. The van der Waals surface area contributed by atoms with E-state index in [0.29, 0.717) is 0 Å². The highest BCUT2D eigenvalue weighted by molar-refractivity contribution is 4.88. The molecule has 0 aromatic heterocycles. The summed E-state index contributed by atoms with van der Waals surface area (Å²) in [6.45, 7) is 5.96. The van der Waals surface area contributed by atoms with Crippen LogP contribution in [0.25, 0.3) is 0 Å². The predicted molar refractivity (Wildman–Crippen MR) is 65.1 cm³/mol. The molecule has 1 aliphatic heterocycles. The molecule has 2 aliphatic rings.